The van der Waals surface area contributed by atoms with E-state index >= 15 is 0 Å². The maximum Gasteiger partial charge on any atom is 0.247 e. The van der Waals surface area contributed by atoms with Crippen LogP contribution in [0.1, 0.15) is 0 Å². The van der Waals surface area contributed by atoms with Crippen LogP contribution in [0, 0.1) is 5.82 Å². The summed E-state index contributed by atoms with van der Waals surface area (Å²) in [5.74, 6) is -0.491. The molecule has 1 saturated heterocycles. The van der Waals surface area contributed by atoms with Crippen molar-refractivity contribution >= 4 is 50.5 Å². The summed E-state index contributed by atoms with van der Waals surface area (Å²) in [6.07, 6.45) is 1.14. The minimum Gasteiger partial charge on any atom is -0.434 e. The fourth-order valence-electron chi connectivity index (χ4n) is 3.87. The zero-order valence-electron chi connectivity index (χ0n) is 19.7. The summed E-state index contributed by atoms with van der Waals surface area (Å²) in [4.78, 5) is 25.4. The molecule has 1 amide bonds. The van der Waals surface area contributed by atoms with Gasteiger partial charge in [-0.2, -0.15) is 4.98 Å². The number of rotatable bonds is 7. The number of fused-ring (bicyclic) bond motifs is 1. The van der Waals surface area contributed by atoms with Gasteiger partial charge >= 0.3 is 0 Å². The van der Waals surface area contributed by atoms with Gasteiger partial charge in [0.15, 0.2) is 11.6 Å². The predicted molar refractivity (Wildman–Crippen MR) is 142 cm³/mol. The van der Waals surface area contributed by atoms with Gasteiger partial charge in [0.1, 0.15) is 4.70 Å². The molecule has 0 atom stereocenters. The van der Waals surface area contributed by atoms with E-state index in [-0.39, 0.29) is 11.6 Å². The summed E-state index contributed by atoms with van der Waals surface area (Å²) in [6.45, 7) is 7.50. The smallest absolute Gasteiger partial charge is 0.247 e. The number of ether oxygens (including phenoxy) is 1. The molecule has 2 aromatic carbocycles. The Bertz CT molecular complexity index is 1400. The Morgan fingerprint density at radius 3 is 2.58 bits per heavy atom. The molecule has 4 aromatic rings. The van der Waals surface area contributed by atoms with Crippen molar-refractivity contribution in [1.29, 1.82) is 0 Å². The molecule has 5 rings (SSSR count). The van der Waals surface area contributed by atoms with Gasteiger partial charge in [-0.3, -0.25) is 4.79 Å². The number of carbonyl (C=O) groups is 1. The summed E-state index contributed by atoms with van der Waals surface area (Å²) >= 11 is 1.40. The topological polar surface area (TPSA) is 82.6 Å². The summed E-state index contributed by atoms with van der Waals surface area (Å²) < 4.78 is 21.1. The van der Waals surface area contributed by atoms with E-state index in [0.29, 0.717) is 21.9 Å². The van der Waals surface area contributed by atoms with Crippen LogP contribution in [0.3, 0.4) is 0 Å². The van der Waals surface area contributed by atoms with E-state index in [1.54, 1.807) is 0 Å². The van der Waals surface area contributed by atoms with E-state index in [1.807, 2.05) is 23.6 Å². The van der Waals surface area contributed by atoms with Crippen LogP contribution in [0.4, 0.5) is 27.4 Å². The number of nitrogens with one attached hydrogen (secondary N) is 2. The van der Waals surface area contributed by atoms with Crippen LogP contribution in [0.15, 0.2) is 66.6 Å². The number of thiophene rings is 1. The van der Waals surface area contributed by atoms with Crippen molar-refractivity contribution in [3.63, 3.8) is 0 Å². The van der Waals surface area contributed by atoms with Crippen molar-refractivity contribution in [2.24, 2.45) is 0 Å². The third-order valence-corrected chi connectivity index (χ3v) is 6.75. The highest BCUT2D eigenvalue weighted by Gasteiger charge is 2.16. The largest absolute Gasteiger partial charge is 0.434 e. The third kappa shape index (κ3) is 5.29. The number of hydrogen-bond acceptors (Lipinski definition) is 8. The Balaban J connectivity index is 1.37. The summed E-state index contributed by atoms with van der Waals surface area (Å²) in [6, 6.07) is 14.1. The molecule has 10 heteroatoms. The molecule has 2 aromatic heterocycles. The Kier molecular flexibility index (Phi) is 6.79. The van der Waals surface area contributed by atoms with E-state index < -0.39 is 11.7 Å². The number of nitrogens with zero attached hydrogens (tertiary/aromatic N) is 4. The summed E-state index contributed by atoms with van der Waals surface area (Å²) in [5.41, 5.74) is 3.06. The zero-order valence-corrected chi connectivity index (χ0v) is 20.5. The molecule has 0 saturated carbocycles. The molecule has 3 heterocycles. The van der Waals surface area contributed by atoms with E-state index in [0.717, 1.165) is 37.9 Å². The molecule has 0 unspecified atom stereocenters. The molecule has 184 valence electrons. The fraction of sp³-hybridized carbons (Fsp3) is 0.192. The van der Waals surface area contributed by atoms with Crippen molar-refractivity contribution in [2.45, 2.75) is 0 Å². The number of hydrogen-bond donors (Lipinski definition) is 2. The molecule has 0 radical (unpaired) electrons. The standard InChI is InChI=1S/C26H25FN6O2S/c1-3-23(34)28-18-6-9-20(27)22(16-18)35-25-24-21(10-15-36-24)30-26(31-25)29-17-4-7-19(8-5-17)33-13-11-32(2)12-14-33/h3-10,15-16H,1,11-14H2,2H3,(H,28,34)(H,29,30,31). The van der Waals surface area contributed by atoms with Crippen molar-refractivity contribution in [3.8, 4) is 11.6 Å². The predicted octanol–water partition coefficient (Wildman–Crippen LogP) is 5.24. The average Bonchev–Trinajstić information content (AvgIpc) is 3.36. The number of carbonyl (C=O) groups excluding carboxylic acids is 1. The van der Waals surface area contributed by atoms with Crippen LogP contribution in [-0.4, -0.2) is 54.0 Å². The first-order chi connectivity index (χ1) is 17.5. The molecule has 8 nitrogen and oxygen atoms in total. The van der Waals surface area contributed by atoms with Crippen molar-refractivity contribution < 1.29 is 13.9 Å². The van der Waals surface area contributed by atoms with Gasteiger partial charge in [0, 0.05) is 49.3 Å². The minimum atomic E-state index is -0.580. The maximum atomic E-state index is 14.5. The van der Waals surface area contributed by atoms with E-state index in [1.165, 1.54) is 35.2 Å². The Morgan fingerprint density at radius 2 is 1.83 bits per heavy atom. The molecule has 1 aliphatic heterocycles. The SMILES string of the molecule is C=CC(=O)Nc1ccc(F)c(Oc2nc(Nc3ccc(N4CCN(C)CC4)cc3)nc3ccsc23)c1. The number of likely N-dealkylation sites (N-methyl/N-ethyl adjacent to an activating group) is 1. The fourth-order valence-corrected chi connectivity index (χ4v) is 4.62. The average molecular weight is 505 g/mol. The number of benzene rings is 2. The quantitative estimate of drug-likeness (QED) is 0.333. The van der Waals surface area contributed by atoms with Gasteiger partial charge in [-0.15, -0.1) is 11.3 Å². The van der Waals surface area contributed by atoms with Crippen LogP contribution >= 0.6 is 11.3 Å². The molecule has 0 aliphatic carbocycles. The van der Waals surface area contributed by atoms with Crippen LogP contribution < -0.4 is 20.3 Å². The second-order valence-corrected chi connectivity index (χ2v) is 9.31. The molecule has 0 bridgehead atoms. The van der Waals surface area contributed by atoms with Gasteiger partial charge in [0.05, 0.1) is 5.52 Å². The lowest BCUT2D eigenvalue weighted by atomic mass is 10.2. The normalized spacial score (nSPS) is 14.0. The summed E-state index contributed by atoms with van der Waals surface area (Å²) in [7, 11) is 2.14. The first-order valence-electron chi connectivity index (χ1n) is 11.4. The van der Waals surface area contributed by atoms with E-state index in [9.17, 15) is 9.18 Å². The van der Waals surface area contributed by atoms with Crippen molar-refractivity contribution in [3.05, 3.63) is 72.4 Å². The lowest BCUT2D eigenvalue weighted by Gasteiger charge is -2.34. The highest BCUT2D eigenvalue weighted by atomic mass is 32.1. The zero-order chi connectivity index (χ0) is 25.1. The molecule has 1 fully saturated rings. The highest BCUT2D eigenvalue weighted by molar-refractivity contribution is 7.17. The van der Waals surface area contributed by atoms with Gasteiger partial charge in [0.2, 0.25) is 17.7 Å². The Morgan fingerprint density at radius 1 is 1.08 bits per heavy atom. The lowest BCUT2D eigenvalue weighted by Crippen LogP contribution is -2.44. The minimum absolute atomic E-state index is 0.0623. The number of anilines is 4. The Labute approximate surface area is 212 Å². The maximum absolute atomic E-state index is 14.5. The monoisotopic (exact) mass is 504 g/mol. The molecular formula is C26H25FN6O2S. The molecule has 0 spiro atoms. The van der Waals surface area contributed by atoms with Gasteiger partial charge in [-0.1, -0.05) is 6.58 Å². The van der Waals surface area contributed by atoms with Gasteiger partial charge in [-0.05, 0) is 61.0 Å². The summed E-state index contributed by atoms with van der Waals surface area (Å²) in [5, 5.41) is 7.70. The van der Waals surface area contributed by atoms with Crippen LogP contribution in [0.2, 0.25) is 0 Å². The molecular weight excluding hydrogens is 479 g/mol. The van der Waals surface area contributed by atoms with Gasteiger partial charge < -0.3 is 25.2 Å². The number of aromatic nitrogens is 2. The van der Waals surface area contributed by atoms with E-state index in [4.69, 9.17) is 4.74 Å². The number of piperazine rings is 1. The second kappa shape index (κ2) is 10.3. The number of amides is 1. The third-order valence-electron chi connectivity index (χ3n) is 5.86. The number of halogens is 1. The molecule has 36 heavy (non-hydrogen) atoms. The van der Waals surface area contributed by atoms with Crippen molar-refractivity contribution in [1.82, 2.24) is 14.9 Å². The van der Waals surface area contributed by atoms with Gasteiger partial charge in [0.25, 0.3) is 0 Å². The molecule has 2 N–H and O–H groups in total. The lowest BCUT2D eigenvalue weighted by molar-refractivity contribution is -0.111. The Hall–Kier alpha value is -4.02. The van der Waals surface area contributed by atoms with Crippen LogP contribution in [-0.2, 0) is 4.79 Å². The first kappa shape index (κ1) is 23.7. The van der Waals surface area contributed by atoms with Crippen molar-refractivity contribution in [2.75, 3.05) is 48.8 Å². The first-order valence-corrected chi connectivity index (χ1v) is 12.3. The molecule has 1 aliphatic rings. The van der Waals surface area contributed by atoms with Crippen LogP contribution in [0.25, 0.3) is 10.2 Å². The van der Waals surface area contributed by atoms with Crippen LogP contribution in [0.5, 0.6) is 11.6 Å². The van der Waals surface area contributed by atoms with E-state index in [2.05, 4.69) is 56.2 Å². The van der Waals surface area contributed by atoms with Gasteiger partial charge in [-0.25, -0.2) is 9.37 Å². The highest BCUT2D eigenvalue weighted by Crippen LogP contribution is 2.35. The second-order valence-electron chi connectivity index (χ2n) is 8.39.